The fraction of sp³-hybridized carbons (Fsp3) is 0.200. The molecule has 0 aliphatic heterocycles. The van der Waals surface area contributed by atoms with Gasteiger partial charge in [0, 0.05) is 23.6 Å². The minimum atomic E-state index is -0.996. The van der Waals surface area contributed by atoms with Crippen molar-refractivity contribution in [1.82, 2.24) is 10.3 Å². The molecule has 0 aliphatic carbocycles. The van der Waals surface area contributed by atoms with Gasteiger partial charge in [-0.1, -0.05) is 11.6 Å². The summed E-state index contributed by atoms with van der Waals surface area (Å²) < 4.78 is 37.7. The van der Waals surface area contributed by atoms with Crippen LogP contribution in [0, 0.1) is 11.6 Å². The van der Waals surface area contributed by atoms with Crippen LogP contribution in [0.2, 0.25) is 5.02 Å². The summed E-state index contributed by atoms with van der Waals surface area (Å²) in [5, 5.41) is 6.44. The van der Waals surface area contributed by atoms with Crippen LogP contribution in [-0.4, -0.2) is 32.2 Å². The Hall–Kier alpha value is -2.91. The van der Waals surface area contributed by atoms with Gasteiger partial charge in [-0.3, -0.25) is 4.79 Å². The number of methoxy groups -OCH3 is 2. The molecule has 1 aromatic heterocycles. The van der Waals surface area contributed by atoms with Crippen molar-refractivity contribution in [3.8, 4) is 22.8 Å². The van der Waals surface area contributed by atoms with E-state index in [1.165, 1.54) is 38.7 Å². The predicted octanol–water partition coefficient (Wildman–Crippen LogP) is 4.79. The molecule has 0 radical (unpaired) electrons. The number of aromatic nitrogens is 1. The number of ether oxygens (including phenoxy) is 2. The number of halogens is 3. The zero-order valence-corrected chi connectivity index (χ0v) is 17.9. The molecule has 0 atom stereocenters. The van der Waals surface area contributed by atoms with E-state index >= 15 is 0 Å². The van der Waals surface area contributed by atoms with Crippen LogP contribution in [0.1, 0.15) is 4.88 Å². The molecule has 10 heteroatoms. The van der Waals surface area contributed by atoms with Gasteiger partial charge >= 0.3 is 0 Å². The highest BCUT2D eigenvalue weighted by Crippen LogP contribution is 2.39. The van der Waals surface area contributed by atoms with Crippen molar-refractivity contribution < 1.29 is 23.0 Å². The lowest BCUT2D eigenvalue weighted by Crippen LogP contribution is -2.19. The Morgan fingerprint density at radius 2 is 1.87 bits per heavy atom. The van der Waals surface area contributed by atoms with Crippen LogP contribution in [0.25, 0.3) is 11.3 Å². The quantitative estimate of drug-likeness (QED) is 0.538. The van der Waals surface area contributed by atoms with E-state index in [1.807, 2.05) is 0 Å². The third kappa shape index (κ3) is 4.63. The molecule has 2 aromatic carbocycles. The zero-order chi connectivity index (χ0) is 21.8. The van der Waals surface area contributed by atoms with Crippen molar-refractivity contribution in [2.24, 2.45) is 0 Å². The van der Waals surface area contributed by atoms with Crippen molar-refractivity contribution in [2.45, 2.75) is 6.42 Å². The van der Waals surface area contributed by atoms with E-state index in [0.717, 1.165) is 12.1 Å². The van der Waals surface area contributed by atoms with Gasteiger partial charge in [0.25, 0.3) is 0 Å². The summed E-state index contributed by atoms with van der Waals surface area (Å²) in [6, 6.07) is 6.73. The molecule has 0 unspecified atom stereocenters. The van der Waals surface area contributed by atoms with E-state index in [2.05, 4.69) is 15.6 Å². The Morgan fingerprint density at radius 3 is 2.50 bits per heavy atom. The van der Waals surface area contributed by atoms with Crippen molar-refractivity contribution in [3.63, 3.8) is 0 Å². The minimum absolute atomic E-state index is 0.0324. The van der Waals surface area contributed by atoms with Gasteiger partial charge in [0.15, 0.2) is 16.8 Å². The fourth-order valence-corrected chi connectivity index (χ4v) is 3.94. The van der Waals surface area contributed by atoms with E-state index in [9.17, 15) is 13.6 Å². The lowest BCUT2D eigenvalue weighted by atomic mass is 10.1. The maximum atomic E-state index is 13.8. The average Bonchev–Trinajstić information content (AvgIpc) is 3.12. The molecule has 1 heterocycles. The van der Waals surface area contributed by atoms with E-state index < -0.39 is 11.6 Å². The van der Waals surface area contributed by atoms with Gasteiger partial charge in [-0.25, -0.2) is 13.8 Å². The van der Waals surface area contributed by atoms with Gasteiger partial charge in [-0.2, -0.15) is 0 Å². The molecule has 3 rings (SSSR count). The molecular weight excluding hydrogens is 436 g/mol. The lowest BCUT2D eigenvalue weighted by Gasteiger charge is -2.12. The molecule has 0 saturated carbocycles. The van der Waals surface area contributed by atoms with Gasteiger partial charge in [0.2, 0.25) is 5.91 Å². The monoisotopic (exact) mass is 453 g/mol. The SMILES string of the molecule is CNC(=O)Cc1sc(Nc2cc(Cl)c(OC)cc2OC)nc1-c1ccc(F)c(F)c1. The normalized spacial score (nSPS) is 10.6. The maximum absolute atomic E-state index is 13.8. The van der Waals surface area contributed by atoms with Gasteiger partial charge < -0.3 is 20.1 Å². The van der Waals surface area contributed by atoms with Crippen LogP contribution in [0.5, 0.6) is 11.5 Å². The van der Waals surface area contributed by atoms with Gasteiger partial charge in [0.05, 0.1) is 37.0 Å². The second kappa shape index (κ2) is 9.27. The van der Waals surface area contributed by atoms with Gasteiger partial charge in [-0.15, -0.1) is 11.3 Å². The first-order valence-corrected chi connectivity index (χ1v) is 9.90. The van der Waals surface area contributed by atoms with Crippen molar-refractivity contribution >= 4 is 39.7 Å². The first kappa shape index (κ1) is 21.8. The molecule has 0 spiro atoms. The van der Waals surface area contributed by atoms with Crippen molar-refractivity contribution in [2.75, 3.05) is 26.6 Å². The number of rotatable bonds is 7. The number of likely N-dealkylation sites (N-methyl/N-ethyl adjacent to an activating group) is 1. The fourth-order valence-electron chi connectivity index (χ4n) is 2.70. The molecular formula is C20H18ClF2N3O3S. The van der Waals surface area contributed by atoms with Crippen molar-refractivity contribution in [3.05, 3.63) is 51.9 Å². The largest absolute Gasteiger partial charge is 0.495 e. The molecule has 0 bridgehead atoms. The predicted molar refractivity (Wildman–Crippen MR) is 113 cm³/mol. The van der Waals surface area contributed by atoms with Gasteiger partial charge in [0.1, 0.15) is 11.5 Å². The van der Waals surface area contributed by atoms with Gasteiger partial charge in [-0.05, 0) is 24.3 Å². The number of carbonyl (C=O) groups is 1. The molecule has 30 heavy (non-hydrogen) atoms. The number of benzene rings is 2. The molecule has 1 amide bonds. The Morgan fingerprint density at radius 1 is 1.13 bits per heavy atom. The number of hydrogen-bond acceptors (Lipinski definition) is 6. The van der Waals surface area contributed by atoms with E-state index in [4.69, 9.17) is 21.1 Å². The number of amides is 1. The molecule has 3 aromatic rings. The lowest BCUT2D eigenvalue weighted by molar-refractivity contribution is -0.119. The van der Waals surface area contributed by atoms with Crippen LogP contribution in [0.4, 0.5) is 19.6 Å². The van der Waals surface area contributed by atoms with E-state index in [1.54, 1.807) is 12.1 Å². The zero-order valence-electron chi connectivity index (χ0n) is 16.3. The average molecular weight is 454 g/mol. The highest BCUT2D eigenvalue weighted by atomic mass is 35.5. The summed E-state index contributed by atoms with van der Waals surface area (Å²) >= 11 is 7.42. The topological polar surface area (TPSA) is 72.5 Å². The summed E-state index contributed by atoms with van der Waals surface area (Å²) in [5.74, 6) is -1.28. The Balaban J connectivity index is 2.03. The number of anilines is 2. The van der Waals surface area contributed by atoms with Crippen LogP contribution in [-0.2, 0) is 11.2 Å². The summed E-state index contributed by atoms with van der Waals surface area (Å²) in [4.78, 5) is 17.0. The van der Waals surface area contributed by atoms with Crippen molar-refractivity contribution in [1.29, 1.82) is 0 Å². The third-order valence-electron chi connectivity index (χ3n) is 4.21. The number of carbonyl (C=O) groups excluding carboxylic acids is 1. The Kier molecular flexibility index (Phi) is 6.73. The standard InChI is InChI=1S/C20H18ClF2N3O3S/c1-24-18(27)9-17-19(10-4-5-12(22)13(23)6-10)26-20(30-17)25-14-7-11(21)15(28-2)8-16(14)29-3/h4-8H,9H2,1-3H3,(H,24,27)(H,25,26). The summed E-state index contributed by atoms with van der Waals surface area (Å²) in [7, 11) is 4.51. The second-order valence-corrected chi connectivity index (χ2v) is 7.57. The number of thiazole rings is 1. The molecule has 0 aliphatic rings. The number of nitrogens with one attached hydrogen (secondary N) is 2. The second-order valence-electron chi connectivity index (χ2n) is 6.08. The third-order valence-corrected chi connectivity index (χ3v) is 5.47. The summed E-state index contributed by atoms with van der Waals surface area (Å²) in [6.07, 6.45) is 0.0324. The molecule has 158 valence electrons. The Bertz CT molecular complexity index is 1090. The van der Waals surface area contributed by atoms with Crippen LogP contribution in [0.15, 0.2) is 30.3 Å². The number of nitrogens with zero attached hydrogens (tertiary/aromatic N) is 1. The number of hydrogen-bond donors (Lipinski definition) is 2. The van der Waals surface area contributed by atoms with Crippen LogP contribution < -0.4 is 20.1 Å². The molecule has 2 N–H and O–H groups in total. The van der Waals surface area contributed by atoms with E-state index in [-0.39, 0.29) is 12.3 Å². The molecule has 0 saturated heterocycles. The highest BCUT2D eigenvalue weighted by Gasteiger charge is 2.19. The summed E-state index contributed by atoms with van der Waals surface area (Å²) in [6.45, 7) is 0. The van der Waals surface area contributed by atoms with Crippen LogP contribution >= 0.6 is 22.9 Å². The first-order valence-electron chi connectivity index (χ1n) is 8.70. The molecule has 0 fully saturated rings. The summed E-state index contributed by atoms with van der Waals surface area (Å²) in [5.41, 5.74) is 1.26. The van der Waals surface area contributed by atoms with Crippen LogP contribution in [0.3, 0.4) is 0 Å². The Labute approximate surface area is 180 Å². The maximum Gasteiger partial charge on any atom is 0.225 e. The highest BCUT2D eigenvalue weighted by molar-refractivity contribution is 7.16. The first-order chi connectivity index (χ1) is 14.4. The molecule has 6 nitrogen and oxygen atoms in total. The van der Waals surface area contributed by atoms with E-state index in [0.29, 0.717) is 43.5 Å². The minimum Gasteiger partial charge on any atom is -0.495 e. The smallest absolute Gasteiger partial charge is 0.225 e.